The van der Waals surface area contributed by atoms with Gasteiger partial charge in [-0.15, -0.1) is 0 Å². The Kier molecular flexibility index (Phi) is 2.11. The van der Waals surface area contributed by atoms with Gasteiger partial charge in [-0.2, -0.15) is 0 Å². The second kappa shape index (κ2) is 3.17. The molecule has 2 rings (SSSR count). The highest BCUT2D eigenvalue weighted by Crippen LogP contribution is 2.23. The third-order valence-electron chi connectivity index (χ3n) is 2.02. The molecule has 4 heteroatoms. The van der Waals surface area contributed by atoms with Crippen molar-refractivity contribution in [3.8, 4) is 0 Å². The normalized spacial score (nSPS) is 10.9. The van der Waals surface area contributed by atoms with Crippen LogP contribution >= 0.6 is 11.6 Å². The molecule has 0 saturated heterocycles. The van der Waals surface area contributed by atoms with Crippen molar-refractivity contribution in [2.45, 2.75) is 13.8 Å². The van der Waals surface area contributed by atoms with E-state index in [0.717, 1.165) is 5.56 Å². The van der Waals surface area contributed by atoms with Crippen molar-refractivity contribution in [3.63, 3.8) is 0 Å². The second-order valence-corrected chi connectivity index (χ2v) is 3.54. The van der Waals surface area contributed by atoms with E-state index < -0.39 is 0 Å². The lowest BCUT2D eigenvalue weighted by Crippen LogP contribution is -1.93. The quantitative estimate of drug-likeness (QED) is 0.625. The van der Waals surface area contributed by atoms with Gasteiger partial charge in [0.25, 0.3) is 0 Å². The van der Waals surface area contributed by atoms with Gasteiger partial charge in [0.15, 0.2) is 0 Å². The highest BCUT2D eigenvalue weighted by atomic mass is 35.5. The van der Waals surface area contributed by atoms with E-state index in [-0.39, 0.29) is 5.82 Å². The first-order valence-electron chi connectivity index (χ1n) is 4.18. The third-order valence-corrected chi connectivity index (χ3v) is 2.31. The molecular weight excluding hydrogens is 203 g/mol. The van der Waals surface area contributed by atoms with Crippen molar-refractivity contribution in [1.82, 2.24) is 9.97 Å². The number of hydrogen-bond acceptors (Lipinski definition) is 2. The molecule has 2 nitrogen and oxygen atoms in total. The third kappa shape index (κ3) is 1.44. The van der Waals surface area contributed by atoms with E-state index in [1.807, 2.05) is 0 Å². The van der Waals surface area contributed by atoms with Crippen LogP contribution in [0.25, 0.3) is 10.9 Å². The number of halogens is 2. The van der Waals surface area contributed by atoms with E-state index in [1.165, 1.54) is 12.1 Å². The Bertz CT molecular complexity index is 464. The molecule has 0 unspecified atom stereocenters. The largest absolute Gasteiger partial charge is 0.233 e. The van der Waals surface area contributed by atoms with Gasteiger partial charge in [0, 0.05) is 5.39 Å². The van der Waals surface area contributed by atoms with Crippen LogP contribution in [0.15, 0.2) is 12.1 Å². The number of aromatic nitrogens is 2. The molecule has 0 aliphatic rings. The maximum Gasteiger partial charge on any atom is 0.140 e. The van der Waals surface area contributed by atoms with Crippen LogP contribution in [0.1, 0.15) is 11.4 Å². The van der Waals surface area contributed by atoms with Gasteiger partial charge in [0.05, 0.1) is 5.52 Å². The summed E-state index contributed by atoms with van der Waals surface area (Å²) in [4.78, 5) is 8.19. The summed E-state index contributed by atoms with van der Waals surface area (Å²) < 4.78 is 13.1. The Labute approximate surface area is 85.8 Å². The van der Waals surface area contributed by atoms with E-state index >= 15 is 0 Å². The number of benzene rings is 1. The lowest BCUT2D eigenvalue weighted by Gasteiger charge is -2.04. The SMILES string of the molecule is Cc1nc(Cl)c2cc(F)cc(C)c2n1. The molecule has 0 radical (unpaired) electrons. The lowest BCUT2D eigenvalue weighted by molar-refractivity contribution is 0.628. The minimum atomic E-state index is -0.315. The Morgan fingerprint density at radius 1 is 1.21 bits per heavy atom. The minimum Gasteiger partial charge on any atom is -0.233 e. The number of nitrogens with zero attached hydrogens (tertiary/aromatic N) is 2. The van der Waals surface area contributed by atoms with Crippen molar-refractivity contribution in [3.05, 3.63) is 34.5 Å². The molecule has 14 heavy (non-hydrogen) atoms. The zero-order chi connectivity index (χ0) is 10.3. The predicted octanol–water partition coefficient (Wildman–Crippen LogP) is 3.04. The molecule has 0 spiro atoms. The summed E-state index contributed by atoms with van der Waals surface area (Å²) >= 11 is 5.89. The molecule has 0 aliphatic heterocycles. The number of hydrogen-bond donors (Lipinski definition) is 0. The monoisotopic (exact) mass is 210 g/mol. The minimum absolute atomic E-state index is 0.301. The van der Waals surface area contributed by atoms with Crippen molar-refractivity contribution in [2.75, 3.05) is 0 Å². The molecule has 2 aromatic rings. The molecule has 0 fully saturated rings. The first kappa shape index (κ1) is 9.34. The molecular formula is C10H8ClFN2. The van der Waals surface area contributed by atoms with Gasteiger partial charge in [0.2, 0.25) is 0 Å². The second-order valence-electron chi connectivity index (χ2n) is 3.18. The Morgan fingerprint density at radius 3 is 2.64 bits per heavy atom. The van der Waals surface area contributed by atoms with Crippen LogP contribution in [0, 0.1) is 19.7 Å². The van der Waals surface area contributed by atoms with Crippen LogP contribution in [0.2, 0.25) is 5.15 Å². The van der Waals surface area contributed by atoms with Crippen molar-refractivity contribution < 1.29 is 4.39 Å². The molecule has 0 amide bonds. The fourth-order valence-corrected chi connectivity index (χ4v) is 1.70. The van der Waals surface area contributed by atoms with E-state index in [9.17, 15) is 4.39 Å². The van der Waals surface area contributed by atoms with Crippen LogP contribution in [0.3, 0.4) is 0 Å². The van der Waals surface area contributed by atoms with Crippen LogP contribution in [-0.2, 0) is 0 Å². The molecule has 0 bridgehead atoms. The molecule has 0 saturated carbocycles. The van der Waals surface area contributed by atoms with E-state index in [2.05, 4.69) is 9.97 Å². The van der Waals surface area contributed by atoms with E-state index in [1.54, 1.807) is 13.8 Å². The van der Waals surface area contributed by atoms with Gasteiger partial charge < -0.3 is 0 Å². The number of rotatable bonds is 0. The average Bonchev–Trinajstić information content (AvgIpc) is 2.07. The zero-order valence-electron chi connectivity index (χ0n) is 7.81. The van der Waals surface area contributed by atoms with E-state index in [4.69, 9.17) is 11.6 Å². The first-order chi connectivity index (χ1) is 6.58. The predicted molar refractivity (Wildman–Crippen MR) is 54.0 cm³/mol. The maximum atomic E-state index is 13.1. The topological polar surface area (TPSA) is 25.8 Å². The summed E-state index contributed by atoms with van der Waals surface area (Å²) in [5, 5.41) is 0.866. The first-order valence-corrected chi connectivity index (χ1v) is 4.56. The molecule has 1 aromatic carbocycles. The maximum absolute atomic E-state index is 13.1. The van der Waals surface area contributed by atoms with Crippen molar-refractivity contribution in [1.29, 1.82) is 0 Å². The van der Waals surface area contributed by atoms with Crippen LogP contribution in [0.5, 0.6) is 0 Å². The average molecular weight is 211 g/mol. The highest BCUT2D eigenvalue weighted by molar-refractivity contribution is 6.34. The summed E-state index contributed by atoms with van der Waals surface area (Å²) in [5.41, 5.74) is 1.48. The zero-order valence-corrected chi connectivity index (χ0v) is 8.56. The summed E-state index contributed by atoms with van der Waals surface area (Å²) in [6.07, 6.45) is 0. The molecule has 1 heterocycles. The molecule has 1 aromatic heterocycles. The summed E-state index contributed by atoms with van der Waals surface area (Å²) in [6.45, 7) is 3.56. The lowest BCUT2D eigenvalue weighted by atomic mass is 10.1. The van der Waals surface area contributed by atoms with Crippen LogP contribution < -0.4 is 0 Å². The summed E-state index contributed by atoms with van der Waals surface area (Å²) in [6, 6.07) is 2.79. The summed E-state index contributed by atoms with van der Waals surface area (Å²) in [5.74, 6) is 0.279. The van der Waals surface area contributed by atoms with E-state index in [0.29, 0.717) is 21.9 Å². The van der Waals surface area contributed by atoms with Crippen molar-refractivity contribution >= 4 is 22.5 Å². The molecule has 0 N–H and O–H groups in total. The Morgan fingerprint density at radius 2 is 1.93 bits per heavy atom. The van der Waals surface area contributed by atoms with Crippen LogP contribution in [0.4, 0.5) is 4.39 Å². The van der Waals surface area contributed by atoms with Gasteiger partial charge in [-0.25, -0.2) is 14.4 Å². The van der Waals surface area contributed by atoms with Gasteiger partial charge >= 0.3 is 0 Å². The Hall–Kier alpha value is -1.22. The smallest absolute Gasteiger partial charge is 0.140 e. The van der Waals surface area contributed by atoms with Gasteiger partial charge in [-0.3, -0.25) is 0 Å². The number of fused-ring (bicyclic) bond motifs is 1. The fourth-order valence-electron chi connectivity index (χ4n) is 1.43. The van der Waals surface area contributed by atoms with Gasteiger partial charge in [-0.05, 0) is 31.5 Å². The van der Waals surface area contributed by atoms with Gasteiger partial charge in [0.1, 0.15) is 16.8 Å². The highest BCUT2D eigenvalue weighted by Gasteiger charge is 2.07. The Balaban J connectivity index is 2.94. The molecule has 0 aliphatic carbocycles. The van der Waals surface area contributed by atoms with Crippen molar-refractivity contribution in [2.24, 2.45) is 0 Å². The number of aryl methyl sites for hydroxylation is 2. The molecule has 0 atom stereocenters. The molecule has 72 valence electrons. The van der Waals surface area contributed by atoms with Gasteiger partial charge in [-0.1, -0.05) is 11.6 Å². The fraction of sp³-hybridized carbons (Fsp3) is 0.200. The summed E-state index contributed by atoms with van der Waals surface area (Å²) in [7, 11) is 0. The van der Waals surface area contributed by atoms with Crippen LogP contribution in [-0.4, -0.2) is 9.97 Å². The standard InChI is InChI=1S/C10H8ClFN2/c1-5-3-7(12)4-8-9(5)13-6(2)14-10(8)11/h3-4H,1-2H3.